The van der Waals surface area contributed by atoms with Crippen LogP contribution in [0.25, 0.3) is 0 Å². The number of nitrogens with zero attached hydrogens (tertiary/aromatic N) is 2. The Labute approximate surface area is 130 Å². The molecular formula is C16H33N3O2. The summed E-state index contributed by atoms with van der Waals surface area (Å²) in [5.41, 5.74) is -0.651. The zero-order valence-electron chi connectivity index (χ0n) is 14.6. The number of likely N-dealkylation sites (tertiary alicyclic amines) is 1. The Morgan fingerprint density at radius 3 is 2.48 bits per heavy atom. The van der Waals surface area contributed by atoms with Crippen molar-refractivity contribution >= 4 is 5.97 Å². The predicted molar refractivity (Wildman–Crippen MR) is 86.5 cm³/mol. The lowest BCUT2D eigenvalue weighted by molar-refractivity contribution is -0.152. The van der Waals surface area contributed by atoms with Gasteiger partial charge >= 0.3 is 5.97 Å². The summed E-state index contributed by atoms with van der Waals surface area (Å²) in [7, 11) is 4.29. The molecule has 1 N–H and O–H groups in total. The van der Waals surface area contributed by atoms with Crippen LogP contribution in [0.3, 0.4) is 0 Å². The van der Waals surface area contributed by atoms with Crippen LogP contribution in [0, 0.1) is 0 Å². The van der Waals surface area contributed by atoms with Crippen LogP contribution in [-0.2, 0) is 9.53 Å². The van der Waals surface area contributed by atoms with Crippen LogP contribution in [0.2, 0.25) is 0 Å². The molecule has 124 valence electrons. The molecule has 0 amide bonds. The maximum absolute atomic E-state index is 12.4. The van der Waals surface area contributed by atoms with Crippen molar-refractivity contribution in [3.63, 3.8) is 0 Å². The van der Waals surface area contributed by atoms with Crippen molar-refractivity contribution in [2.75, 3.05) is 40.3 Å². The predicted octanol–water partition coefficient (Wildman–Crippen LogP) is 1.33. The summed E-state index contributed by atoms with van der Waals surface area (Å²) < 4.78 is 5.28. The van der Waals surface area contributed by atoms with Gasteiger partial charge in [-0.15, -0.1) is 0 Å². The summed E-state index contributed by atoms with van der Waals surface area (Å²) in [6.07, 6.45) is 2.32. The number of rotatable bonds is 7. The molecule has 1 saturated heterocycles. The van der Waals surface area contributed by atoms with Gasteiger partial charge in [-0.3, -0.25) is 10.1 Å². The fraction of sp³-hybridized carbons (Fsp3) is 0.938. The third kappa shape index (κ3) is 5.57. The molecule has 0 bridgehead atoms. The number of nitrogens with one attached hydrogen (secondary N) is 1. The van der Waals surface area contributed by atoms with E-state index in [-0.39, 0.29) is 12.0 Å². The molecule has 0 aromatic rings. The average Bonchev–Trinajstić information content (AvgIpc) is 2.38. The molecule has 1 atom stereocenters. The van der Waals surface area contributed by atoms with Gasteiger partial charge in [-0.25, -0.2) is 0 Å². The molecule has 0 aromatic heterocycles. The first-order chi connectivity index (χ1) is 9.78. The second-order valence-corrected chi connectivity index (χ2v) is 6.80. The molecule has 1 aliphatic rings. The van der Waals surface area contributed by atoms with E-state index in [2.05, 4.69) is 43.1 Å². The number of esters is 1. The Kier molecular flexibility index (Phi) is 7.10. The standard InChI is InChI=1S/C16H33N3O2/c1-7-21-15(20)16(4,17-13(2)3)12-19(6)14-8-10-18(5)11-9-14/h13-14,17H,7-12H2,1-6H3. The van der Waals surface area contributed by atoms with Gasteiger partial charge in [-0.05, 0) is 67.7 Å². The van der Waals surface area contributed by atoms with E-state index in [1.54, 1.807) is 0 Å². The first-order valence-electron chi connectivity index (χ1n) is 8.12. The van der Waals surface area contributed by atoms with Crippen LogP contribution in [0.4, 0.5) is 0 Å². The molecule has 5 nitrogen and oxygen atoms in total. The Hall–Kier alpha value is -0.650. The fourth-order valence-electron chi connectivity index (χ4n) is 3.16. The molecule has 1 fully saturated rings. The SMILES string of the molecule is CCOC(=O)C(C)(CN(C)C1CCN(C)CC1)NC(C)C. The van der Waals surface area contributed by atoms with Gasteiger partial charge in [0.25, 0.3) is 0 Å². The first-order valence-corrected chi connectivity index (χ1v) is 8.12. The highest BCUT2D eigenvalue weighted by Crippen LogP contribution is 2.18. The average molecular weight is 299 g/mol. The first kappa shape index (κ1) is 18.4. The van der Waals surface area contributed by atoms with Crippen LogP contribution in [0.15, 0.2) is 0 Å². The molecule has 0 aromatic carbocycles. The van der Waals surface area contributed by atoms with Crippen molar-refractivity contribution in [2.45, 2.75) is 58.2 Å². The van der Waals surface area contributed by atoms with Crippen LogP contribution >= 0.6 is 0 Å². The second kappa shape index (κ2) is 8.11. The van der Waals surface area contributed by atoms with Gasteiger partial charge in [0.1, 0.15) is 5.54 Å². The summed E-state index contributed by atoms with van der Waals surface area (Å²) in [6, 6.07) is 0.786. The molecule has 0 aliphatic carbocycles. The Morgan fingerprint density at radius 1 is 1.43 bits per heavy atom. The Bertz CT molecular complexity index is 327. The number of ether oxygens (including phenoxy) is 1. The van der Waals surface area contributed by atoms with Gasteiger partial charge in [0.15, 0.2) is 0 Å². The van der Waals surface area contributed by atoms with Gasteiger partial charge in [0, 0.05) is 18.6 Å². The molecule has 0 radical (unpaired) electrons. The minimum atomic E-state index is -0.651. The van der Waals surface area contributed by atoms with Crippen molar-refractivity contribution in [1.82, 2.24) is 15.1 Å². The lowest BCUT2D eigenvalue weighted by atomic mass is 9.97. The van der Waals surface area contributed by atoms with Crippen molar-refractivity contribution < 1.29 is 9.53 Å². The minimum absolute atomic E-state index is 0.154. The molecular weight excluding hydrogens is 266 g/mol. The second-order valence-electron chi connectivity index (χ2n) is 6.80. The zero-order valence-corrected chi connectivity index (χ0v) is 14.6. The number of piperidine rings is 1. The summed E-state index contributed by atoms with van der Waals surface area (Å²) >= 11 is 0. The minimum Gasteiger partial charge on any atom is -0.465 e. The van der Waals surface area contributed by atoms with Crippen LogP contribution < -0.4 is 5.32 Å². The highest BCUT2D eigenvalue weighted by molar-refractivity contribution is 5.80. The van der Waals surface area contributed by atoms with Gasteiger partial charge in [0.05, 0.1) is 6.61 Å². The van der Waals surface area contributed by atoms with E-state index in [9.17, 15) is 4.79 Å². The summed E-state index contributed by atoms with van der Waals surface area (Å²) in [4.78, 5) is 17.0. The summed E-state index contributed by atoms with van der Waals surface area (Å²) in [5, 5.41) is 3.39. The summed E-state index contributed by atoms with van der Waals surface area (Å²) in [6.45, 7) is 11.3. The number of carbonyl (C=O) groups is 1. The number of carbonyl (C=O) groups excluding carboxylic acids is 1. The molecule has 1 aliphatic heterocycles. The molecule has 0 spiro atoms. The smallest absolute Gasteiger partial charge is 0.327 e. The maximum Gasteiger partial charge on any atom is 0.327 e. The van der Waals surface area contributed by atoms with E-state index >= 15 is 0 Å². The molecule has 1 heterocycles. The van der Waals surface area contributed by atoms with Crippen molar-refractivity contribution in [2.24, 2.45) is 0 Å². The zero-order chi connectivity index (χ0) is 16.0. The van der Waals surface area contributed by atoms with Gasteiger partial charge in [0.2, 0.25) is 0 Å². The topological polar surface area (TPSA) is 44.8 Å². The van der Waals surface area contributed by atoms with E-state index in [1.165, 1.54) is 0 Å². The molecule has 21 heavy (non-hydrogen) atoms. The fourth-order valence-corrected chi connectivity index (χ4v) is 3.16. The number of hydrogen-bond acceptors (Lipinski definition) is 5. The van der Waals surface area contributed by atoms with Crippen molar-refractivity contribution in [1.29, 1.82) is 0 Å². The molecule has 1 rings (SSSR count). The van der Waals surface area contributed by atoms with Crippen LogP contribution in [0.1, 0.15) is 40.5 Å². The van der Waals surface area contributed by atoms with Crippen LogP contribution in [0.5, 0.6) is 0 Å². The number of likely N-dealkylation sites (N-methyl/N-ethyl adjacent to an activating group) is 1. The monoisotopic (exact) mass is 299 g/mol. The maximum atomic E-state index is 12.4. The highest BCUT2D eigenvalue weighted by atomic mass is 16.5. The lowest BCUT2D eigenvalue weighted by Crippen LogP contribution is -2.60. The number of hydrogen-bond donors (Lipinski definition) is 1. The third-order valence-corrected chi connectivity index (χ3v) is 4.21. The third-order valence-electron chi connectivity index (χ3n) is 4.21. The van der Waals surface area contributed by atoms with Gasteiger partial charge < -0.3 is 14.5 Å². The van der Waals surface area contributed by atoms with E-state index in [4.69, 9.17) is 4.74 Å². The largest absolute Gasteiger partial charge is 0.465 e. The van der Waals surface area contributed by atoms with E-state index in [1.807, 2.05) is 13.8 Å². The Morgan fingerprint density at radius 2 is 2.00 bits per heavy atom. The normalized spacial score (nSPS) is 20.8. The lowest BCUT2D eigenvalue weighted by Gasteiger charge is -2.40. The quantitative estimate of drug-likeness (QED) is 0.719. The van der Waals surface area contributed by atoms with Gasteiger partial charge in [-0.1, -0.05) is 0 Å². The molecule has 1 unspecified atom stereocenters. The Balaban J connectivity index is 2.68. The van der Waals surface area contributed by atoms with E-state index in [0.29, 0.717) is 19.2 Å². The van der Waals surface area contributed by atoms with Crippen molar-refractivity contribution in [3.8, 4) is 0 Å². The molecule has 5 heteroatoms. The summed E-state index contributed by atoms with van der Waals surface area (Å²) in [5.74, 6) is -0.154. The highest BCUT2D eigenvalue weighted by Gasteiger charge is 2.38. The van der Waals surface area contributed by atoms with Crippen LogP contribution in [-0.4, -0.2) is 73.7 Å². The van der Waals surface area contributed by atoms with Crippen molar-refractivity contribution in [3.05, 3.63) is 0 Å². The van der Waals surface area contributed by atoms with Gasteiger partial charge in [-0.2, -0.15) is 0 Å². The van der Waals surface area contributed by atoms with E-state index in [0.717, 1.165) is 25.9 Å². The van der Waals surface area contributed by atoms with E-state index < -0.39 is 5.54 Å². The molecule has 0 saturated carbocycles.